The number of aryl methyl sites for hydroxylation is 1. The number of hydrogen-bond acceptors (Lipinski definition) is 4. The maximum atomic E-state index is 10.4. The minimum Gasteiger partial charge on any atom is -0.258 e. The third-order valence-corrected chi connectivity index (χ3v) is 1.89. The van der Waals surface area contributed by atoms with Crippen molar-refractivity contribution < 1.29 is 4.92 Å². The van der Waals surface area contributed by atoms with E-state index in [9.17, 15) is 10.1 Å². The minimum atomic E-state index is -0.481. The molecule has 2 rings (SSSR count). The van der Waals surface area contributed by atoms with E-state index in [1.54, 1.807) is 23.1 Å². The zero-order valence-corrected chi connectivity index (χ0v) is 7.99. The molecule has 0 spiro atoms. The molecule has 0 aliphatic heterocycles. The summed E-state index contributed by atoms with van der Waals surface area (Å²) in [6.45, 7) is 1.91. The monoisotopic (exact) mass is 204 g/mol. The van der Waals surface area contributed by atoms with Crippen molar-refractivity contribution in [2.75, 3.05) is 0 Å². The molecule has 76 valence electrons. The van der Waals surface area contributed by atoms with Crippen molar-refractivity contribution in [2.45, 2.75) is 6.92 Å². The van der Waals surface area contributed by atoms with Gasteiger partial charge in [-0.1, -0.05) is 0 Å². The van der Waals surface area contributed by atoms with Gasteiger partial charge in [-0.3, -0.25) is 10.1 Å². The Balaban J connectivity index is 2.35. The van der Waals surface area contributed by atoms with Gasteiger partial charge in [-0.05, 0) is 18.6 Å². The van der Waals surface area contributed by atoms with E-state index in [1.165, 1.54) is 12.3 Å². The highest BCUT2D eigenvalue weighted by Gasteiger charge is 2.06. The maximum absolute atomic E-state index is 10.4. The fraction of sp³-hybridized carbons (Fsp3) is 0.111. The van der Waals surface area contributed by atoms with Crippen LogP contribution in [0.2, 0.25) is 0 Å². The Labute approximate surface area is 85.3 Å². The average molecular weight is 204 g/mol. The van der Waals surface area contributed by atoms with Crippen molar-refractivity contribution in [2.24, 2.45) is 0 Å². The quantitative estimate of drug-likeness (QED) is 0.548. The predicted molar refractivity (Wildman–Crippen MR) is 52.8 cm³/mol. The number of nitrogens with zero attached hydrogens (tertiary/aromatic N) is 4. The Morgan fingerprint density at radius 2 is 2.20 bits per heavy atom. The molecule has 0 aromatic carbocycles. The van der Waals surface area contributed by atoms with E-state index in [0.29, 0.717) is 5.82 Å². The van der Waals surface area contributed by atoms with Gasteiger partial charge in [0.15, 0.2) is 5.82 Å². The lowest BCUT2D eigenvalue weighted by atomic mass is 10.4. The molecule has 0 atom stereocenters. The fourth-order valence-electron chi connectivity index (χ4n) is 1.16. The summed E-state index contributed by atoms with van der Waals surface area (Å²) in [5, 5.41) is 14.4. The van der Waals surface area contributed by atoms with Gasteiger partial charge < -0.3 is 0 Å². The normalized spacial score (nSPS) is 10.2. The zero-order chi connectivity index (χ0) is 10.8. The van der Waals surface area contributed by atoms with Gasteiger partial charge in [0.1, 0.15) is 6.20 Å². The summed E-state index contributed by atoms with van der Waals surface area (Å²) in [4.78, 5) is 13.9. The zero-order valence-electron chi connectivity index (χ0n) is 7.99. The van der Waals surface area contributed by atoms with E-state index in [-0.39, 0.29) is 5.69 Å². The van der Waals surface area contributed by atoms with Crippen molar-refractivity contribution >= 4 is 5.69 Å². The van der Waals surface area contributed by atoms with Gasteiger partial charge in [0.2, 0.25) is 0 Å². The molecular weight excluding hydrogens is 196 g/mol. The lowest BCUT2D eigenvalue weighted by Crippen LogP contribution is -1.98. The molecule has 0 unspecified atom stereocenters. The van der Waals surface area contributed by atoms with Crippen LogP contribution >= 0.6 is 0 Å². The number of nitro groups is 1. The molecule has 0 fully saturated rings. The van der Waals surface area contributed by atoms with Gasteiger partial charge in [0.25, 0.3) is 5.69 Å². The van der Waals surface area contributed by atoms with Crippen molar-refractivity contribution in [3.05, 3.63) is 46.4 Å². The molecule has 0 aliphatic rings. The first-order valence-electron chi connectivity index (χ1n) is 4.29. The topological polar surface area (TPSA) is 73.8 Å². The third kappa shape index (κ3) is 1.83. The van der Waals surface area contributed by atoms with Gasteiger partial charge >= 0.3 is 0 Å². The average Bonchev–Trinajstić information content (AvgIpc) is 2.65. The summed E-state index contributed by atoms with van der Waals surface area (Å²) in [5.41, 5.74) is 0.984. The van der Waals surface area contributed by atoms with Gasteiger partial charge in [-0.25, -0.2) is 9.67 Å². The summed E-state index contributed by atoms with van der Waals surface area (Å²) in [7, 11) is 0. The highest BCUT2D eigenvalue weighted by Crippen LogP contribution is 2.11. The molecule has 6 heteroatoms. The van der Waals surface area contributed by atoms with Crippen molar-refractivity contribution in [1.29, 1.82) is 0 Å². The van der Waals surface area contributed by atoms with Crippen LogP contribution in [0.5, 0.6) is 0 Å². The molecule has 0 amide bonds. The molecule has 0 radical (unpaired) electrons. The number of hydrogen-bond donors (Lipinski definition) is 0. The molecule has 0 aliphatic carbocycles. The second-order valence-corrected chi connectivity index (χ2v) is 3.09. The summed E-state index contributed by atoms with van der Waals surface area (Å²) in [5.74, 6) is 0.564. The minimum absolute atomic E-state index is 0.0253. The second kappa shape index (κ2) is 3.49. The lowest BCUT2D eigenvalue weighted by molar-refractivity contribution is -0.385. The highest BCUT2D eigenvalue weighted by atomic mass is 16.6. The largest absolute Gasteiger partial charge is 0.287 e. The summed E-state index contributed by atoms with van der Waals surface area (Å²) >= 11 is 0. The SMILES string of the molecule is Cc1cnn(-c2ccc([N+](=O)[O-])cn2)c1. The molecular formula is C9H8N4O2. The van der Waals surface area contributed by atoms with E-state index in [1.807, 2.05) is 6.92 Å². The Morgan fingerprint density at radius 3 is 2.67 bits per heavy atom. The molecule has 6 nitrogen and oxygen atoms in total. The summed E-state index contributed by atoms with van der Waals surface area (Å²) < 4.78 is 1.57. The molecule has 2 heterocycles. The summed E-state index contributed by atoms with van der Waals surface area (Å²) in [6, 6.07) is 2.96. The van der Waals surface area contributed by atoms with E-state index < -0.39 is 4.92 Å². The maximum Gasteiger partial charge on any atom is 0.287 e. The van der Waals surface area contributed by atoms with Crippen molar-refractivity contribution in [3.8, 4) is 5.82 Å². The van der Waals surface area contributed by atoms with Crippen LogP contribution in [-0.2, 0) is 0 Å². The van der Waals surface area contributed by atoms with E-state index >= 15 is 0 Å². The molecule has 0 saturated carbocycles. The molecule has 15 heavy (non-hydrogen) atoms. The smallest absolute Gasteiger partial charge is 0.258 e. The first-order chi connectivity index (χ1) is 7.16. The molecule has 2 aromatic heterocycles. The van der Waals surface area contributed by atoms with E-state index in [0.717, 1.165) is 5.56 Å². The standard InChI is InChI=1S/C9H8N4O2/c1-7-4-11-12(6-7)9-3-2-8(5-10-9)13(14)15/h2-6H,1H3. The van der Waals surface area contributed by atoms with Crippen LogP contribution in [0, 0.1) is 17.0 Å². The van der Waals surface area contributed by atoms with Gasteiger partial charge in [0, 0.05) is 12.3 Å². The molecule has 0 bridgehead atoms. The number of rotatable bonds is 2. The first kappa shape index (κ1) is 9.32. The Bertz CT molecular complexity index is 489. The highest BCUT2D eigenvalue weighted by molar-refractivity contribution is 5.32. The van der Waals surface area contributed by atoms with Crippen molar-refractivity contribution in [3.63, 3.8) is 0 Å². The summed E-state index contributed by atoms with van der Waals surface area (Å²) in [6.07, 6.45) is 4.71. The number of aromatic nitrogens is 3. The van der Waals surface area contributed by atoms with E-state index in [4.69, 9.17) is 0 Å². The predicted octanol–water partition coefficient (Wildman–Crippen LogP) is 1.48. The fourth-order valence-corrected chi connectivity index (χ4v) is 1.16. The van der Waals surface area contributed by atoms with Crippen LogP contribution in [0.3, 0.4) is 0 Å². The van der Waals surface area contributed by atoms with Gasteiger partial charge in [0.05, 0.1) is 11.1 Å². The van der Waals surface area contributed by atoms with Crippen LogP contribution in [-0.4, -0.2) is 19.7 Å². The van der Waals surface area contributed by atoms with Crippen LogP contribution < -0.4 is 0 Å². The van der Waals surface area contributed by atoms with Gasteiger partial charge in [-0.15, -0.1) is 0 Å². The Hall–Kier alpha value is -2.24. The van der Waals surface area contributed by atoms with Crippen LogP contribution in [0.15, 0.2) is 30.7 Å². The third-order valence-electron chi connectivity index (χ3n) is 1.89. The van der Waals surface area contributed by atoms with Crippen LogP contribution in [0.25, 0.3) is 5.82 Å². The van der Waals surface area contributed by atoms with Gasteiger partial charge in [-0.2, -0.15) is 5.10 Å². The van der Waals surface area contributed by atoms with E-state index in [2.05, 4.69) is 10.1 Å². The lowest BCUT2D eigenvalue weighted by Gasteiger charge is -1.98. The number of pyridine rings is 1. The Kier molecular flexibility index (Phi) is 2.17. The van der Waals surface area contributed by atoms with Crippen molar-refractivity contribution in [1.82, 2.24) is 14.8 Å². The van der Waals surface area contributed by atoms with Crippen LogP contribution in [0.4, 0.5) is 5.69 Å². The molecule has 0 saturated heterocycles. The molecule has 2 aromatic rings. The second-order valence-electron chi connectivity index (χ2n) is 3.09. The molecule has 0 N–H and O–H groups in total. The first-order valence-corrected chi connectivity index (χ1v) is 4.29. The Morgan fingerprint density at radius 1 is 1.40 bits per heavy atom. The van der Waals surface area contributed by atoms with Crippen LogP contribution in [0.1, 0.15) is 5.56 Å².